The zero-order chi connectivity index (χ0) is 45.8. The predicted molar refractivity (Wildman–Crippen MR) is 247 cm³/mol. The Balaban J connectivity index is 0.964. The molecule has 15 heteroatoms. The summed E-state index contributed by atoms with van der Waals surface area (Å²) in [5, 5.41) is 5.44. The molecule has 0 spiro atoms. The molecular weight excluding hydrogens is 823 g/mol. The molecule has 3 saturated heterocycles. The van der Waals surface area contributed by atoms with Crippen molar-refractivity contribution in [1.29, 1.82) is 0 Å². The number of rotatable bonds is 13. The molecule has 8 rings (SSSR count). The van der Waals surface area contributed by atoms with Gasteiger partial charge in [-0.2, -0.15) is 0 Å². The number of alkyl carbamates (subject to hydrolysis) is 2. The number of likely N-dealkylation sites (tertiary alicyclic amines) is 2. The quantitative estimate of drug-likeness (QED) is 0.0901. The number of nitrogens with zero attached hydrogens (tertiary/aromatic N) is 5. The Labute approximate surface area is 380 Å². The highest BCUT2D eigenvalue weighted by atomic mass is 16.5. The van der Waals surface area contributed by atoms with Gasteiger partial charge in [0.25, 0.3) is 0 Å². The number of aromatic nitrogens is 4. The third-order valence-corrected chi connectivity index (χ3v) is 13.3. The number of hydrogen-bond acceptors (Lipinski definition) is 9. The SMILES string of the molecule is COC(=O)NC(C(=O)N1CCCC1c1ncc(-c2ccc(C3CCC(c4ccc(-c5cnc(C6CCCN6C(=O)C(NC(=O)OC)C(C)C)[nH]5)cc4)N3c3ccccc3)cc2)[nH]1)C(C)C. The van der Waals surface area contributed by atoms with E-state index in [1.807, 2.05) is 49.9 Å². The average molecular weight is 884 g/mol. The number of para-hydroxylation sites is 1. The molecule has 3 aliphatic heterocycles. The van der Waals surface area contributed by atoms with Crippen LogP contribution in [0.4, 0.5) is 15.3 Å². The Bertz CT molecular complexity index is 2280. The molecule has 5 aromatic rings. The topological polar surface area (TPSA) is 178 Å². The molecule has 6 atom stereocenters. The summed E-state index contributed by atoms with van der Waals surface area (Å²) in [5.41, 5.74) is 7.41. The molecule has 3 fully saturated rings. The molecule has 15 nitrogen and oxygen atoms in total. The molecule has 65 heavy (non-hydrogen) atoms. The van der Waals surface area contributed by atoms with E-state index < -0.39 is 24.3 Å². The molecule has 0 bridgehead atoms. The third kappa shape index (κ3) is 9.45. The molecule has 0 aliphatic carbocycles. The highest BCUT2D eigenvalue weighted by Crippen LogP contribution is 2.47. The molecule has 6 unspecified atom stereocenters. The minimum atomic E-state index is -0.691. The number of amides is 4. The Kier molecular flexibility index (Phi) is 13.6. The van der Waals surface area contributed by atoms with Crippen molar-refractivity contribution in [3.8, 4) is 22.5 Å². The van der Waals surface area contributed by atoms with Crippen LogP contribution in [0, 0.1) is 11.8 Å². The Hall–Kier alpha value is -6.64. The van der Waals surface area contributed by atoms with Gasteiger partial charge >= 0.3 is 12.2 Å². The highest BCUT2D eigenvalue weighted by molar-refractivity contribution is 5.87. The predicted octanol–water partition coefficient (Wildman–Crippen LogP) is 8.64. The average Bonchev–Trinajstić information content (AvgIpc) is 4.19. The van der Waals surface area contributed by atoms with Gasteiger partial charge in [-0.3, -0.25) is 9.59 Å². The number of imidazole rings is 2. The summed E-state index contributed by atoms with van der Waals surface area (Å²) in [7, 11) is 2.60. The molecule has 2 aromatic heterocycles. The van der Waals surface area contributed by atoms with E-state index in [1.165, 1.54) is 31.0 Å². The fourth-order valence-electron chi connectivity index (χ4n) is 9.89. The van der Waals surface area contributed by atoms with Gasteiger partial charge < -0.3 is 44.8 Å². The van der Waals surface area contributed by atoms with Crippen LogP contribution in [-0.4, -0.2) is 93.1 Å². The van der Waals surface area contributed by atoms with E-state index in [0.29, 0.717) is 13.1 Å². The molecule has 4 amide bonds. The van der Waals surface area contributed by atoms with E-state index in [9.17, 15) is 19.2 Å². The van der Waals surface area contributed by atoms with E-state index in [1.54, 1.807) is 0 Å². The molecule has 3 aromatic carbocycles. The standard InChI is InChI=1S/C50H61N9O6/c1-30(2)43(55-49(62)64-5)47(60)57-26-10-14-41(57)45-51-28-37(53-45)32-16-20-34(21-17-32)39-24-25-40(59(39)36-12-8-7-9-13-36)35-22-18-33(19-23-35)38-29-52-46(54-38)42-15-11-27-58(42)48(61)44(31(3)4)56-50(63)65-6/h7-9,12-13,16-23,28-31,39-44H,10-11,14-15,24-27H2,1-6H3,(H,51,53)(H,52,54)(H,55,62)(H,56,63). The first-order valence-corrected chi connectivity index (χ1v) is 22.9. The number of methoxy groups -OCH3 is 2. The van der Waals surface area contributed by atoms with Crippen LogP contribution in [-0.2, 0) is 19.1 Å². The molecular formula is C50H61N9O6. The molecule has 342 valence electrons. The van der Waals surface area contributed by atoms with Crippen molar-refractivity contribution < 1.29 is 28.7 Å². The van der Waals surface area contributed by atoms with E-state index in [4.69, 9.17) is 19.4 Å². The molecule has 0 radical (unpaired) electrons. The number of anilines is 1. The zero-order valence-corrected chi connectivity index (χ0v) is 38.1. The van der Waals surface area contributed by atoms with Gasteiger partial charge in [-0.25, -0.2) is 19.6 Å². The lowest BCUT2D eigenvalue weighted by Gasteiger charge is -2.33. The number of benzene rings is 3. The van der Waals surface area contributed by atoms with Gasteiger partial charge in [0.15, 0.2) is 0 Å². The maximum Gasteiger partial charge on any atom is 0.407 e. The van der Waals surface area contributed by atoms with Gasteiger partial charge in [0, 0.05) is 18.8 Å². The van der Waals surface area contributed by atoms with Crippen molar-refractivity contribution in [3.05, 3.63) is 114 Å². The minimum absolute atomic E-state index is 0.108. The van der Waals surface area contributed by atoms with Gasteiger partial charge in [0.2, 0.25) is 11.8 Å². The first-order chi connectivity index (χ1) is 31.4. The lowest BCUT2D eigenvalue weighted by molar-refractivity contribution is -0.136. The first-order valence-electron chi connectivity index (χ1n) is 22.9. The second-order valence-corrected chi connectivity index (χ2v) is 18.1. The normalized spacial score (nSPS) is 20.6. The number of carbonyl (C=O) groups excluding carboxylic acids is 4. The maximum atomic E-state index is 13.7. The van der Waals surface area contributed by atoms with Gasteiger partial charge in [-0.05, 0) is 84.7 Å². The summed E-state index contributed by atoms with van der Waals surface area (Å²) in [6.07, 6.45) is 7.68. The Morgan fingerprint density at radius 3 is 1.38 bits per heavy atom. The number of aromatic amines is 2. The lowest BCUT2D eigenvalue weighted by Crippen LogP contribution is -2.51. The lowest BCUT2D eigenvalue weighted by atomic mass is 10.0. The van der Waals surface area contributed by atoms with Gasteiger partial charge in [0.05, 0.1) is 62.2 Å². The summed E-state index contributed by atoms with van der Waals surface area (Å²) < 4.78 is 9.59. The van der Waals surface area contributed by atoms with E-state index in [-0.39, 0.29) is 47.8 Å². The monoisotopic (exact) mass is 883 g/mol. The summed E-state index contributed by atoms with van der Waals surface area (Å²) in [5.74, 6) is 0.995. The van der Waals surface area contributed by atoms with Crippen LogP contribution in [0.15, 0.2) is 91.3 Å². The van der Waals surface area contributed by atoms with Crippen molar-refractivity contribution >= 4 is 29.7 Å². The van der Waals surface area contributed by atoms with Crippen molar-refractivity contribution in [2.45, 2.75) is 102 Å². The number of ether oxygens (including phenoxy) is 2. The van der Waals surface area contributed by atoms with Crippen LogP contribution < -0.4 is 15.5 Å². The van der Waals surface area contributed by atoms with Crippen molar-refractivity contribution in [1.82, 2.24) is 40.4 Å². The van der Waals surface area contributed by atoms with Crippen LogP contribution in [0.5, 0.6) is 0 Å². The number of hydrogen-bond donors (Lipinski definition) is 4. The van der Waals surface area contributed by atoms with Crippen LogP contribution >= 0.6 is 0 Å². The molecule has 0 saturated carbocycles. The van der Waals surface area contributed by atoms with Crippen molar-refractivity contribution in [2.24, 2.45) is 11.8 Å². The number of nitrogens with one attached hydrogen (secondary N) is 4. The summed E-state index contributed by atoms with van der Waals surface area (Å²) in [6, 6.07) is 26.6. The van der Waals surface area contributed by atoms with Crippen LogP contribution in [0.25, 0.3) is 22.5 Å². The van der Waals surface area contributed by atoms with Crippen LogP contribution in [0.1, 0.15) is 113 Å². The fourth-order valence-corrected chi connectivity index (χ4v) is 9.89. The van der Waals surface area contributed by atoms with Crippen LogP contribution in [0.2, 0.25) is 0 Å². The highest BCUT2D eigenvalue weighted by Gasteiger charge is 2.40. The maximum absolute atomic E-state index is 13.7. The molecule has 4 N–H and O–H groups in total. The van der Waals surface area contributed by atoms with E-state index in [0.717, 1.165) is 72.7 Å². The van der Waals surface area contributed by atoms with Crippen molar-refractivity contribution in [2.75, 3.05) is 32.2 Å². The molecule has 5 heterocycles. The first kappa shape index (κ1) is 44.9. The Morgan fingerprint density at radius 1 is 0.585 bits per heavy atom. The van der Waals surface area contributed by atoms with Gasteiger partial charge in [-0.15, -0.1) is 0 Å². The van der Waals surface area contributed by atoms with E-state index in [2.05, 4.69) is 104 Å². The third-order valence-electron chi connectivity index (χ3n) is 13.3. The minimum Gasteiger partial charge on any atom is -0.453 e. The number of carbonyl (C=O) groups is 4. The van der Waals surface area contributed by atoms with Gasteiger partial charge in [0.1, 0.15) is 23.7 Å². The smallest absolute Gasteiger partial charge is 0.407 e. The fraction of sp³-hybridized carbons (Fsp3) is 0.440. The Morgan fingerprint density at radius 2 is 1.00 bits per heavy atom. The summed E-state index contributed by atoms with van der Waals surface area (Å²) >= 11 is 0. The van der Waals surface area contributed by atoms with Gasteiger partial charge in [-0.1, -0.05) is 94.4 Å². The number of H-pyrrole nitrogens is 2. The zero-order valence-electron chi connectivity index (χ0n) is 38.1. The van der Waals surface area contributed by atoms with E-state index >= 15 is 0 Å². The summed E-state index contributed by atoms with van der Waals surface area (Å²) in [6.45, 7) is 8.84. The largest absolute Gasteiger partial charge is 0.453 e. The second-order valence-electron chi connectivity index (χ2n) is 18.1. The second kappa shape index (κ2) is 19.6. The van der Waals surface area contributed by atoms with Crippen molar-refractivity contribution in [3.63, 3.8) is 0 Å². The summed E-state index contributed by atoms with van der Waals surface area (Å²) in [4.78, 5) is 74.2. The van der Waals surface area contributed by atoms with Crippen LogP contribution in [0.3, 0.4) is 0 Å². The molecule has 3 aliphatic rings.